The molecule has 0 saturated heterocycles. The molecule has 2 aliphatic rings. The van der Waals surface area contributed by atoms with Crippen molar-refractivity contribution in [3.63, 3.8) is 0 Å². The van der Waals surface area contributed by atoms with E-state index in [1.54, 1.807) is 0 Å². The summed E-state index contributed by atoms with van der Waals surface area (Å²) in [4.78, 5) is 4.55. The molecule has 21 heavy (non-hydrogen) atoms. The van der Waals surface area contributed by atoms with Crippen LogP contribution in [0.5, 0.6) is 0 Å². The van der Waals surface area contributed by atoms with E-state index in [1.807, 2.05) is 6.33 Å². The van der Waals surface area contributed by atoms with Crippen molar-refractivity contribution >= 4 is 11.0 Å². The van der Waals surface area contributed by atoms with E-state index >= 15 is 0 Å². The van der Waals surface area contributed by atoms with Gasteiger partial charge in [0.2, 0.25) is 0 Å². The highest BCUT2D eigenvalue weighted by Gasteiger charge is 2.40. The second-order valence-electron chi connectivity index (χ2n) is 7.02. The molecule has 0 spiro atoms. The zero-order valence-corrected chi connectivity index (χ0v) is 13.1. The number of fused-ring (bicyclic) bond motifs is 1. The van der Waals surface area contributed by atoms with Gasteiger partial charge in [-0.1, -0.05) is 0 Å². The molecule has 1 aromatic heterocycles. The molecule has 0 bridgehead atoms. The van der Waals surface area contributed by atoms with Gasteiger partial charge in [0.1, 0.15) is 0 Å². The van der Waals surface area contributed by atoms with E-state index < -0.39 is 0 Å². The molecule has 2 aliphatic carbocycles. The first-order valence-corrected chi connectivity index (χ1v) is 8.38. The molecular weight excluding hydrogens is 258 g/mol. The molecule has 3 nitrogen and oxygen atoms in total. The largest absolute Gasteiger partial charge is 0.329 e. The molecule has 1 N–H and O–H groups in total. The molecule has 2 fully saturated rings. The molecule has 0 atom stereocenters. The molecule has 0 unspecified atom stereocenters. The fourth-order valence-corrected chi connectivity index (χ4v) is 3.47. The summed E-state index contributed by atoms with van der Waals surface area (Å²) in [6.07, 6.45) is 7.77. The van der Waals surface area contributed by atoms with Gasteiger partial charge in [0.15, 0.2) is 0 Å². The van der Waals surface area contributed by atoms with Gasteiger partial charge >= 0.3 is 0 Å². The Morgan fingerprint density at radius 3 is 2.48 bits per heavy atom. The van der Waals surface area contributed by atoms with Crippen LogP contribution in [0.3, 0.4) is 0 Å². The van der Waals surface area contributed by atoms with Crippen LogP contribution in [0, 0.1) is 25.7 Å². The lowest BCUT2D eigenvalue weighted by atomic mass is 10.1. The number of aromatic nitrogens is 2. The Labute approximate surface area is 126 Å². The Hall–Kier alpha value is -1.35. The fraction of sp³-hybridized carbons (Fsp3) is 0.611. The predicted octanol–water partition coefficient (Wildman–Crippen LogP) is 3.43. The van der Waals surface area contributed by atoms with Gasteiger partial charge in [-0.2, -0.15) is 0 Å². The molecule has 4 rings (SSSR count). The molecule has 2 saturated carbocycles. The maximum atomic E-state index is 4.55. The number of nitrogens with one attached hydrogen (secondary N) is 1. The minimum atomic E-state index is 0.795. The van der Waals surface area contributed by atoms with Gasteiger partial charge in [0, 0.05) is 19.1 Å². The second kappa shape index (κ2) is 5.13. The van der Waals surface area contributed by atoms with Crippen LogP contribution in [0.15, 0.2) is 18.5 Å². The Bertz CT molecular complexity index is 638. The maximum absolute atomic E-state index is 4.55. The van der Waals surface area contributed by atoms with Crippen LogP contribution in [-0.2, 0) is 6.54 Å². The van der Waals surface area contributed by atoms with E-state index in [0.29, 0.717) is 0 Å². The average Bonchev–Trinajstić information content (AvgIpc) is 3.36. The number of aryl methyl sites for hydroxylation is 2. The van der Waals surface area contributed by atoms with Gasteiger partial charge < -0.3 is 9.88 Å². The van der Waals surface area contributed by atoms with Crippen molar-refractivity contribution in [3.05, 3.63) is 29.6 Å². The molecular formula is C18H25N3. The third-order valence-corrected chi connectivity index (χ3v) is 5.23. The smallest absolute Gasteiger partial charge is 0.0958 e. The van der Waals surface area contributed by atoms with Crippen LogP contribution in [-0.4, -0.2) is 22.1 Å². The summed E-state index contributed by atoms with van der Waals surface area (Å²) in [5, 5.41) is 3.82. The van der Waals surface area contributed by atoms with E-state index in [4.69, 9.17) is 0 Å². The van der Waals surface area contributed by atoms with Gasteiger partial charge in [-0.05, 0) is 74.6 Å². The van der Waals surface area contributed by atoms with E-state index in [9.17, 15) is 0 Å². The quantitative estimate of drug-likeness (QED) is 0.880. The summed E-state index contributed by atoms with van der Waals surface area (Å²) in [7, 11) is 0. The Morgan fingerprint density at radius 2 is 1.81 bits per heavy atom. The van der Waals surface area contributed by atoms with E-state index in [2.05, 4.69) is 40.8 Å². The summed E-state index contributed by atoms with van der Waals surface area (Å²) in [5.41, 5.74) is 5.08. The normalized spacial score (nSPS) is 18.8. The number of imidazole rings is 1. The number of hydrogen-bond donors (Lipinski definition) is 1. The molecule has 1 heterocycles. The molecule has 1 aromatic carbocycles. The monoisotopic (exact) mass is 283 g/mol. The number of nitrogens with zero attached hydrogens (tertiary/aromatic N) is 2. The summed E-state index contributed by atoms with van der Waals surface area (Å²) < 4.78 is 2.30. The highest BCUT2D eigenvalue weighted by Crippen LogP contribution is 2.44. The highest BCUT2D eigenvalue weighted by molar-refractivity contribution is 5.77. The van der Waals surface area contributed by atoms with Crippen LogP contribution in [0.25, 0.3) is 11.0 Å². The van der Waals surface area contributed by atoms with Crippen molar-refractivity contribution < 1.29 is 0 Å². The number of hydrogen-bond acceptors (Lipinski definition) is 2. The van der Waals surface area contributed by atoms with Gasteiger partial charge in [-0.15, -0.1) is 0 Å². The first-order valence-electron chi connectivity index (χ1n) is 8.38. The van der Waals surface area contributed by atoms with Gasteiger partial charge in [0.25, 0.3) is 0 Å². The molecule has 0 amide bonds. The number of rotatable bonds is 6. The number of benzene rings is 1. The Kier molecular flexibility index (Phi) is 3.26. The van der Waals surface area contributed by atoms with E-state index in [-0.39, 0.29) is 0 Å². The molecule has 0 aliphatic heterocycles. The maximum Gasteiger partial charge on any atom is 0.0958 e. The SMILES string of the molecule is Cc1cc2ncn(CCNC(C3CC3)C3CC3)c2cc1C. The molecule has 3 heteroatoms. The third kappa shape index (κ3) is 2.71. The van der Waals surface area contributed by atoms with E-state index in [0.717, 1.165) is 36.5 Å². The lowest BCUT2D eigenvalue weighted by molar-refractivity contribution is 0.408. The van der Waals surface area contributed by atoms with Crippen molar-refractivity contribution in [2.24, 2.45) is 11.8 Å². The summed E-state index contributed by atoms with van der Waals surface area (Å²) >= 11 is 0. The zero-order chi connectivity index (χ0) is 14.4. The fourth-order valence-electron chi connectivity index (χ4n) is 3.47. The van der Waals surface area contributed by atoms with Crippen LogP contribution in [0.2, 0.25) is 0 Å². The minimum Gasteiger partial charge on any atom is -0.329 e. The topological polar surface area (TPSA) is 29.9 Å². The van der Waals surface area contributed by atoms with Gasteiger partial charge in [-0.25, -0.2) is 4.98 Å². The summed E-state index contributed by atoms with van der Waals surface area (Å²) in [6.45, 7) is 6.43. The first-order chi connectivity index (χ1) is 10.2. The Balaban J connectivity index is 1.43. The zero-order valence-electron chi connectivity index (χ0n) is 13.1. The lowest BCUT2D eigenvalue weighted by Gasteiger charge is -2.18. The van der Waals surface area contributed by atoms with Crippen molar-refractivity contribution in [2.75, 3.05) is 6.54 Å². The Morgan fingerprint density at radius 1 is 1.14 bits per heavy atom. The highest BCUT2D eigenvalue weighted by atomic mass is 15.1. The second-order valence-corrected chi connectivity index (χ2v) is 7.02. The van der Waals surface area contributed by atoms with Crippen LogP contribution in [0.1, 0.15) is 36.8 Å². The standard InChI is InChI=1S/C18H25N3/c1-12-9-16-17(10-13(12)2)21(11-20-16)8-7-19-18(14-3-4-14)15-5-6-15/h9-11,14-15,18-19H,3-8H2,1-2H3. The van der Waals surface area contributed by atoms with E-state index in [1.165, 1.54) is 42.3 Å². The molecule has 112 valence electrons. The lowest BCUT2D eigenvalue weighted by Crippen LogP contribution is -2.35. The first kappa shape index (κ1) is 13.3. The van der Waals surface area contributed by atoms with Crippen LogP contribution < -0.4 is 5.32 Å². The van der Waals surface area contributed by atoms with Crippen LogP contribution >= 0.6 is 0 Å². The molecule has 2 aromatic rings. The predicted molar refractivity (Wildman–Crippen MR) is 86.4 cm³/mol. The third-order valence-electron chi connectivity index (χ3n) is 5.23. The van der Waals surface area contributed by atoms with Crippen molar-refractivity contribution in [1.29, 1.82) is 0 Å². The minimum absolute atomic E-state index is 0.795. The van der Waals surface area contributed by atoms with Gasteiger partial charge in [0.05, 0.1) is 17.4 Å². The summed E-state index contributed by atoms with van der Waals surface area (Å²) in [6, 6.07) is 5.27. The summed E-state index contributed by atoms with van der Waals surface area (Å²) in [5.74, 6) is 1.95. The van der Waals surface area contributed by atoms with Crippen molar-refractivity contribution in [3.8, 4) is 0 Å². The van der Waals surface area contributed by atoms with Crippen LogP contribution in [0.4, 0.5) is 0 Å². The molecule has 0 radical (unpaired) electrons. The van der Waals surface area contributed by atoms with Crippen molar-refractivity contribution in [1.82, 2.24) is 14.9 Å². The van der Waals surface area contributed by atoms with Crippen molar-refractivity contribution in [2.45, 2.75) is 52.1 Å². The van der Waals surface area contributed by atoms with Gasteiger partial charge in [-0.3, -0.25) is 0 Å². The average molecular weight is 283 g/mol.